The van der Waals surface area contributed by atoms with Gasteiger partial charge in [0.25, 0.3) is 0 Å². The molecule has 0 atom stereocenters. The minimum atomic E-state index is 0.566. The first-order chi connectivity index (χ1) is 9.26. The lowest BCUT2D eigenvalue weighted by atomic mass is 10.3. The van der Waals surface area contributed by atoms with Crippen molar-refractivity contribution in [3.63, 3.8) is 0 Å². The van der Waals surface area contributed by atoms with Gasteiger partial charge in [-0.25, -0.2) is 4.98 Å². The van der Waals surface area contributed by atoms with E-state index in [0.29, 0.717) is 13.2 Å². The van der Waals surface area contributed by atoms with E-state index in [0.717, 1.165) is 43.4 Å². The third kappa shape index (κ3) is 5.06. The standard InChI is InChI=1S/C13H25N3O2S/c1-4-11-12(10-14)19-13(15-11)16(7-9-18-3)6-5-8-17-2/h4-10,14H2,1-3H3. The molecule has 1 rings (SSSR count). The summed E-state index contributed by atoms with van der Waals surface area (Å²) >= 11 is 1.69. The summed E-state index contributed by atoms with van der Waals surface area (Å²) in [7, 11) is 3.45. The molecule has 5 nitrogen and oxygen atoms in total. The van der Waals surface area contributed by atoms with Gasteiger partial charge < -0.3 is 20.1 Å². The first-order valence-electron chi connectivity index (χ1n) is 6.68. The second-order valence-corrected chi connectivity index (χ2v) is 5.31. The van der Waals surface area contributed by atoms with Crippen LogP contribution in [0.3, 0.4) is 0 Å². The third-order valence-corrected chi connectivity index (χ3v) is 4.08. The molecule has 1 heterocycles. The van der Waals surface area contributed by atoms with Crippen LogP contribution in [0.5, 0.6) is 0 Å². The fraction of sp³-hybridized carbons (Fsp3) is 0.769. The third-order valence-electron chi connectivity index (χ3n) is 2.90. The van der Waals surface area contributed by atoms with Crippen LogP contribution in [-0.4, -0.2) is 45.5 Å². The van der Waals surface area contributed by atoms with Crippen molar-refractivity contribution in [1.82, 2.24) is 4.98 Å². The summed E-state index contributed by atoms with van der Waals surface area (Å²) in [6, 6.07) is 0. The topological polar surface area (TPSA) is 60.6 Å². The number of hydrogen-bond acceptors (Lipinski definition) is 6. The Hall–Kier alpha value is -0.690. The molecule has 0 aliphatic heterocycles. The van der Waals surface area contributed by atoms with Crippen molar-refractivity contribution in [2.45, 2.75) is 26.3 Å². The summed E-state index contributed by atoms with van der Waals surface area (Å²) in [6.45, 7) is 5.92. The quantitative estimate of drug-likeness (QED) is 0.663. The Morgan fingerprint density at radius 2 is 1.95 bits per heavy atom. The average molecular weight is 287 g/mol. The van der Waals surface area contributed by atoms with Gasteiger partial charge in [-0.05, 0) is 12.8 Å². The minimum Gasteiger partial charge on any atom is -0.385 e. The SMILES string of the molecule is CCc1nc(N(CCCOC)CCOC)sc1CN. The molecule has 19 heavy (non-hydrogen) atoms. The van der Waals surface area contributed by atoms with Gasteiger partial charge in [0.15, 0.2) is 5.13 Å². The highest BCUT2D eigenvalue weighted by Gasteiger charge is 2.14. The summed E-state index contributed by atoms with van der Waals surface area (Å²) in [5.74, 6) is 0. The van der Waals surface area contributed by atoms with Crippen molar-refractivity contribution in [1.29, 1.82) is 0 Å². The van der Waals surface area contributed by atoms with E-state index >= 15 is 0 Å². The van der Waals surface area contributed by atoms with E-state index in [1.165, 1.54) is 4.88 Å². The van der Waals surface area contributed by atoms with Crippen LogP contribution in [0.25, 0.3) is 0 Å². The molecule has 0 bridgehead atoms. The number of aromatic nitrogens is 1. The number of anilines is 1. The molecule has 0 saturated carbocycles. The number of methoxy groups -OCH3 is 2. The molecule has 0 aromatic carbocycles. The monoisotopic (exact) mass is 287 g/mol. The molecule has 0 unspecified atom stereocenters. The Kier molecular flexibility index (Phi) is 7.97. The van der Waals surface area contributed by atoms with Crippen molar-refractivity contribution in [3.05, 3.63) is 10.6 Å². The van der Waals surface area contributed by atoms with Crippen molar-refractivity contribution in [2.24, 2.45) is 5.73 Å². The largest absolute Gasteiger partial charge is 0.385 e. The Balaban J connectivity index is 2.73. The van der Waals surface area contributed by atoms with Crippen molar-refractivity contribution < 1.29 is 9.47 Å². The molecular formula is C13H25N3O2S. The maximum Gasteiger partial charge on any atom is 0.185 e. The molecule has 2 N–H and O–H groups in total. The molecule has 0 radical (unpaired) electrons. The summed E-state index contributed by atoms with van der Waals surface area (Å²) in [5, 5.41) is 1.05. The van der Waals surface area contributed by atoms with E-state index in [2.05, 4.69) is 11.8 Å². The number of nitrogens with two attached hydrogens (primary N) is 1. The zero-order valence-electron chi connectivity index (χ0n) is 12.1. The van der Waals surface area contributed by atoms with E-state index in [-0.39, 0.29) is 0 Å². The number of ether oxygens (including phenoxy) is 2. The highest BCUT2D eigenvalue weighted by Crippen LogP contribution is 2.26. The predicted octanol–water partition coefficient (Wildman–Crippen LogP) is 1.65. The van der Waals surface area contributed by atoms with Gasteiger partial charge in [-0.15, -0.1) is 11.3 Å². The summed E-state index contributed by atoms with van der Waals surface area (Å²) < 4.78 is 10.3. The predicted molar refractivity (Wildman–Crippen MR) is 80.0 cm³/mol. The second kappa shape index (κ2) is 9.25. The van der Waals surface area contributed by atoms with E-state index in [4.69, 9.17) is 20.2 Å². The molecule has 0 spiro atoms. The Morgan fingerprint density at radius 1 is 1.21 bits per heavy atom. The highest BCUT2D eigenvalue weighted by molar-refractivity contribution is 7.15. The molecule has 0 fully saturated rings. The van der Waals surface area contributed by atoms with Crippen LogP contribution < -0.4 is 10.6 Å². The van der Waals surface area contributed by atoms with Crippen LogP contribution in [0, 0.1) is 0 Å². The smallest absolute Gasteiger partial charge is 0.185 e. The molecule has 6 heteroatoms. The van der Waals surface area contributed by atoms with Crippen LogP contribution in [0.1, 0.15) is 23.9 Å². The van der Waals surface area contributed by atoms with Gasteiger partial charge in [0.2, 0.25) is 0 Å². The van der Waals surface area contributed by atoms with Gasteiger partial charge >= 0.3 is 0 Å². The van der Waals surface area contributed by atoms with Crippen LogP contribution in [0.2, 0.25) is 0 Å². The first-order valence-corrected chi connectivity index (χ1v) is 7.49. The van der Waals surface area contributed by atoms with Gasteiger partial charge in [0.05, 0.1) is 12.3 Å². The summed E-state index contributed by atoms with van der Waals surface area (Å²) in [4.78, 5) is 8.14. The van der Waals surface area contributed by atoms with E-state index < -0.39 is 0 Å². The van der Waals surface area contributed by atoms with E-state index in [9.17, 15) is 0 Å². The number of aryl methyl sites for hydroxylation is 1. The molecule has 1 aromatic heterocycles. The van der Waals surface area contributed by atoms with Gasteiger partial charge in [-0.1, -0.05) is 6.92 Å². The normalized spacial score (nSPS) is 10.9. The van der Waals surface area contributed by atoms with Crippen molar-refractivity contribution >= 4 is 16.5 Å². The van der Waals surface area contributed by atoms with Crippen molar-refractivity contribution in [2.75, 3.05) is 45.4 Å². The fourth-order valence-corrected chi connectivity index (χ4v) is 2.92. The zero-order chi connectivity index (χ0) is 14.1. The molecular weight excluding hydrogens is 262 g/mol. The average Bonchev–Trinajstić information content (AvgIpc) is 2.85. The number of thiazole rings is 1. The highest BCUT2D eigenvalue weighted by atomic mass is 32.1. The number of nitrogens with zero attached hydrogens (tertiary/aromatic N) is 2. The lowest BCUT2D eigenvalue weighted by molar-refractivity contribution is 0.191. The van der Waals surface area contributed by atoms with Crippen LogP contribution in [0.15, 0.2) is 0 Å². The molecule has 0 aliphatic rings. The van der Waals surface area contributed by atoms with Gasteiger partial charge in [0.1, 0.15) is 0 Å². The molecule has 0 aliphatic carbocycles. The molecule has 1 aromatic rings. The van der Waals surface area contributed by atoms with Gasteiger partial charge in [-0.2, -0.15) is 0 Å². The van der Waals surface area contributed by atoms with Crippen molar-refractivity contribution in [3.8, 4) is 0 Å². The first kappa shape index (κ1) is 16.4. The fourth-order valence-electron chi connectivity index (χ4n) is 1.85. The minimum absolute atomic E-state index is 0.566. The van der Waals surface area contributed by atoms with Crippen LogP contribution >= 0.6 is 11.3 Å². The second-order valence-electron chi connectivity index (χ2n) is 4.25. The molecule has 0 amide bonds. The van der Waals surface area contributed by atoms with Gasteiger partial charge in [0, 0.05) is 45.3 Å². The Morgan fingerprint density at radius 3 is 2.47 bits per heavy atom. The maximum absolute atomic E-state index is 5.77. The molecule has 0 saturated heterocycles. The van der Waals surface area contributed by atoms with E-state index in [1.54, 1.807) is 25.6 Å². The maximum atomic E-state index is 5.77. The lowest BCUT2D eigenvalue weighted by Gasteiger charge is -2.21. The zero-order valence-corrected chi connectivity index (χ0v) is 13.0. The Bertz CT molecular complexity index is 336. The lowest BCUT2D eigenvalue weighted by Crippen LogP contribution is -2.28. The summed E-state index contributed by atoms with van der Waals surface area (Å²) in [5.41, 5.74) is 6.89. The number of hydrogen-bond donors (Lipinski definition) is 1. The van der Waals surface area contributed by atoms with Gasteiger partial charge in [-0.3, -0.25) is 0 Å². The summed E-state index contributed by atoms with van der Waals surface area (Å²) in [6.07, 6.45) is 1.92. The van der Waals surface area contributed by atoms with Crippen LogP contribution in [0.4, 0.5) is 5.13 Å². The number of rotatable bonds is 10. The van der Waals surface area contributed by atoms with E-state index in [1.807, 2.05) is 0 Å². The Labute approximate surface area is 119 Å². The molecule has 110 valence electrons. The van der Waals surface area contributed by atoms with Crippen LogP contribution in [-0.2, 0) is 22.4 Å².